The number of carbonyl (C=O) groups is 2. The van der Waals surface area contributed by atoms with E-state index in [4.69, 9.17) is 4.74 Å². The fourth-order valence-corrected chi connectivity index (χ4v) is 2.23. The number of amides is 2. The van der Waals surface area contributed by atoms with Crippen molar-refractivity contribution in [1.82, 2.24) is 10.6 Å². The van der Waals surface area contributed by atoms with Gasteiger partial charge in [-0.3, -0.25) is 4.79 Å². The van der Waals surface area contributed by atoms with Gasteiger partial charge in [-0.05, 0) is 31.5 Å². The van der Waals surface area contributed by atoms with Crippen LogP contribution in [0.25, 0.3) is 0 Å². The summed E-state index contributed by atoms with van der Waals surface area (Å²) in [5.74, 6) is 0.614. The summed E-state index contributed by atoms with van der Waals surface area (Å²) in [5.41, 5.74) is 1.97. The first-order valence-corrected chi connectivity index (χ1v) is 5.96. The molecular formula is C14H16N2O3. The van der Waals surface area contributed by atoms with Gasteiger partial charge in [-0.1, -0.05) is 12.1 Å². The molecule has 0 unspecified atom stereocenters. The summed E-state index contributed by atoms with van der Waals surface area (Å²) in [6, 6.07) is 6.56. The van der Waals surface area contributed by atoms with Crippen molar-refractivity contribution in [3.05, 3.63) is 41.1 Å². The molecule has 0 saturated carbocycles. The van der Waals surface area contributed by atoms with Gasteiger partial charge in [0.05, 0.1) is 13.2 Å². The van der Waals surface area contributed by atoms with Crippen molar-refractivity contribution in [2.45, 2.75) is 19.9 Å². The Labute approximate surface area is 111 Å². The molecule has 1 heterocycles. The topological polar surface area (TPSA) is 67.4 Å². The summed E-state index contributed by atoms with van der Waals surface area (Å²) in [4.78, 5) is 23.4. The van der Waals surface area contributed by atoms with Gasteiger partial charge in [-0.25, -0.2) is 4.79 Å². The van der Waals surface area contributed by atoms with Crippen LogP contribution in [0.1, 0.15) is 25.5 Å². The van der Waals surface area contributed by atoms with Crippen LogP contribution >= 0.6 is 0 Å². The molecule has 0 saturated heterocycles. The Hall–Kier alpha value is -2.30. The normalized spacial score (nSPS) is 18.7. The molecule has 1 aromatic rings. The second kappa shape index (κ2) is 5.14. The molecule has 1 aromatic carbocycles. The molecule has 0 aromatic heterocycles. The Balaban J connectivity index is 2.48. The first-order valence-electron chi connectivity index (χ1n) is 5.96. The number of methoxy groups -OCH3 is 1. The molecule has 1 atom stereocenters. The van der Waals surface area contributed by atoms with Crippen LogP contribution in [-0.2, 0) is 4.79 Å². The van der Waals surface area contributed by atoms with Crippen molar-refractivity contribution < 1.29 is 14.3 Å². The minimum atomic E-state index is -0.443. The number of rotatable bonds is 3. The average molecular weight is 260 g/mol. The van der Waals surface area contributed by atoms with Gasteiger partial charge < -0.3 is 15.4 Å². The van der Waals surface area contributed by atoms with Gasteiger partial charge in [0.2, 0.25) is 0 Å². The maximum atomic E-state index is 11.8. The Morgan fingerprint density at radius 1 is 1.37 bits per heavy atom. The van der Waals surface area contributed by atoms with E-state index in [0.717, 1.165) is 5.56 Å². The van der Waals surface area contributed by atoms with E-state index in [-0.39, 0.29) is 11.8 Å². The lowest BCUT2D eigenvalue weighted by molar-refractivity contribution is -0.114. The first kappa shape index (κ1) is 13.1. The number of allylic oxidation sites excluding steroid dienone is 1. The lowest BCUT2D eigenvalue weighted by Crippen LogP contribution is -2.44. The van der Waals surface area contributed by atoms with Crippen molar-refractivity contribution in [2.75, 3.05) is 7.11 Å². The molecular weight excluding hydrogens is 244 g/mol. The second-order valence-electron chi connectivity index (χ2n) is 4.40. The molecule has 2 rings (SSSR count). The van der Waals surface area contributed by atoms with Crippen molar-refractivity contribution in [1.29, 1.82) is 0 Å². The molecule has 5 heteroatoms. The Bertz CT molecular complexity index is 564. The van der Waals surface area contributed by atoms with Gasteiger partial charge in [0, 0.05) is 11.3 Å². The smallest absolute Gasteiger partial charge is 0.319 e. The van der Waals surface area contributed by atoms with E-state index in [1.165, 1.54) is 6.92 Å². The standard InChI is InChI=1S/C14H16N2O3/c1-8-12(9(2)17)13(16-14(18)15-8)10-5-4-6-11(7-10)19-3/h4-7,13H,1-3H3,(H2,15,16,18)/t13-/m1/s1. The predicted molar refractivity (Wildman–Crippen MR) is 70.8 cm³/mol. The molecule has 0 radical (unpaired) electrons. The van der Waals surface area contributed by atoms with E-state index in [0.29, 0.717) is 17.0 Å². The van der Waals surface area contributed by atoms with E-state index < -0.39 is 6.04 Å². The summed E-state index contributed by atoms with van der Waals surface area (Å²) in [6.07, 6.45) is 0. The molecule has 5 nitrogen and oxygen atoms in total. The van der Waals surface area contributed by atoms with Crippen LogP contribution in [0.3, 0.4) is 0 Å². The van der Waals surface area contributed by atoms with Crippen molar-refractivity contribution in [3.63, 3.8) is 0 Å². The Kier molecular flexibility index (Phi) is 3.55. The zero-order valence-corrected chi connectivity index (χ0v) is 11.1. The fourth-order valence-electron chi connectivity index (χ4n) is 2.23. The summed E-state index contributed by atoms with van der Waals surface area (Å²) in [7, 11) is 1.58. The van der Waals surface area contributed by atoms with Gasteiger partial charge in [-0.15, -0.1) is 0 Å². The van der Waals surface area contributed by atoms with Crippen LogP contribution in [0.2, 0.25) is 0 Å². The molecule has 0 fully saturated rings. The third-order valence-electron chi connectivity index (χ3n) is 3.08. The van der Waals surface area contributed by atoms with Gasteiger partial charge in [0.25, 0.3) is 0 Å². The number of benzene rings is 1. The number of ketones is 1. The Morgan fingerprint density at radius 2 is 2.11 bits per heavy atom. The molecule has 0 aliphatic carbocycles. The number of hydrogen-bond acceptors (Lipinski definition) is 3. The highest BCUT2D eigenvalue weighted by Gasteiger charge is 2.29. The summed E-state index contributed by atoms with van der Waals surface area (Å²) >= 11 is 0. The number of carbonyl (C=O) groups excluding carboxylic acids is 2. The highest BCUT2D eigenvalue weighted by Crippen LogP contribution is 2.29. The van der Waals surface area contributed by atoms with Crippen LogP contribution < -0.4 is 15.4 Å². The van der Waals surface area contributed by atoms with E-state index in [2.05, 4.69) is 10.6 Å². The Morgan fingerprint density at radius 3 is 2.74 bits per heavy atom. The molecule has 1 aliphatic rings. The summed E-state index contributed by atoms with van der Waals surface area (Å²) in [5, 5.41) is 5.38. The van der Waals surface area contributed by atoms with Gasteiger partial charge in [0.1, 0.15) is 5.75 Å². The number of Topliss-reactive ketones (excluding diaryl/α,β-unsaturated/α-hetero) is 1. The molecule has 100 valence electrons. The minimum Gasteiger partial charge on any atom is -0.497 e. The summed E-state index contributed by atoms with van der Waals surface area (Å²) < 4.78 is 5.17. The molecule has 19 heavy (non-hydrogen) atoms. The number of hydrogen-bond donors (Lipinski definition) is 2. The zero-order chi connectivity index (χ0) is 14.0. The monoisotopic (exact) mass is 260 g/mol. The van der Waals surface area contributed by atoms with E-state index in [9.17, 15) is 9.59 Å². The number of ether oxygens (including phenoxy) is 1. The molecule has 2 N–H and O–H groups in total. The fraction of sp³-hybridized carbons (Fsp3) is 0.286. The quantitative estimate of drug-likeness (QED) is 0.872. The van der Waals surface area contributed by atoms with Gasteiger partial charge in [0.15, 0.2) is 5.78 Å². The van der Waals surface area contributed by atoms with Crippen molar-refractivity contribution in [3.8, 4) is 5.75 Å². The van der Waals surface area contributed by atoms with Gasteiger partial charge in [-0.2, -0.15) is 0 Å². The van der Waals surface area contributed by atoms with Gasteiger partial charge >= 0.3 is 6.03 Å². The maximum Gasteiger partial charge on any atom is 0.319 e. The largest absolute Gasteiger partial charge is 0.497 e. The lowest BCUT2D eigenvalue weighted by Gasteiger charge is -2.28. The summed E-state index contributed by atoms with van der Waals surface area (Å²) in [6.45, 7) is 3.22. The van der Waals surface area contributed by atoms with Crippen LogP contribution in [0.5, 0.6) is 5.75 Å². The molecule has 2 amide bonds. The molecule has 0 bridgehead atoms. The highest BCUT2D eigenvalue weighted by atomic mass is 16.5. The first-order chi connectivity index (χ1) is 9.02. The number of nitrogens with one attached hydrogen (secondary N) is 2. The van der Waals surface area contributed by atoms with Crippen LogP contribution in [-0.4, -0.2) is 18.9 Å². The molecule has 0 spiro atoms. The number of urea groups is 1. The third-order valence-corrected chi connectivity index (χ3v) is 3.08. The zero-order valence-electron chi connectivity index (χ0n) is 11.1. The second-order valence-corrected chi connectivity index (χ2v) is 4.40. The SMILES string of the molecule is COc1cccc([C@H]2NC(=O)NC(C)=C2C(C)=O)c1. The van der Waals surface area contributed by atoms with Crippen molar-refractivity contribution >= 4 is 11.8 Å². The lowest BCUT2D eigenvalue weighted by atomic mass is 9.93. The molecule has 1 aliphatic heterocycles. The van der Waals surface area contributed by atoms with Crippen LogP contribution in [0.4, 0.5) is 4.79 Å². The maximum absolute atomic E-state index is 11.8. The third kappa shape index (κ3) is 2.59. The average Bonchev–Trinajstić information content (AvgIpc) is 2.37. The minimum absolute atomic E-state index is 0.0715. The van der Waals surface area contributed by atoms with E-state index >= 15 is 0 Å². The van der Waals surface area contributed by atoms with Crippen LogP contribution in [0.15, 0.2) is 35.5 Å². The van der Waals surface area contributed by atoms with Crippen molar-refractivity contribution in [2.24, 2.45) is 0 Å². The predicted octanol–water partition coefficient (Wildman–Crippen LogP) is 1.91. The van der Waals surface area contributed by atoms with E-state index in [1.54, 1.807) is 14.0 Å². The van der Waals surface area contributed by atoms with E-state index in [1.807, 2.05) is 24.3 Å². The van der Waals surface area contributed by atoms with Crippen LogP contribution in [0, 0.1) is 0 Å². The highest BCUT2D eigenvalue weighted by molar-refractivity contribution is 5.98.